The highest BCUT2D eigenvalue weighted by atomic mass is 16.5. The van der Waals surface area contributed by atoms with Crippen molar-refractivity contribution in [2.24, 2.45) is 5.92 Å². The van der Waals surface area contributed by atoms with Crippen molar-refractivity contribution in [3.05, 3.63) is 34.4 Å². The minimum Gasteiger partial charge on any atom is -0.507 e. The normalized spacial score (nSPS) is 26.3. The first-order chi connectivity index (χ1) is 12.1. The summed E-state index contributed by atoms with van der Waals surface area (Å²) in [5.74, 6) is -0.374. The number of fused-ring (bicyclic) bond motifs is 3. The minimum absolute atomic E-state index is 0.0390. The highest BCUT2D eigenvalue weighted by Gasteiger charge is 2.53. The molecule has 1 aromatic rings. The molecule has 1 aromatic carbocycles. The van der Waals surface area contributed by atoms with E-state index in [1.165, 1.54) is 5.57 Å². The van der Waals surface area contributed by atoms with Gasteiger partial charge in [-0.1, -0.05) is 31.9 Å². The molecule has 1 heterocycles. The van der Waals surface area contributed by atoms with Crippen LogP contribution in [0.1, 0.15) is 81.8 Å². The summed E-state index contributed by atoms with van der Waals surface area (Å²) in [5.41, 5.74) is 1.80. The second-order valence-corrected chi connectivity index (χ2v) is 8.61. The van der Waals surface area contributed by atoms with Gasteiger partial charge in [0.05, 0.1) is 0 Å². The van der Waals surface area contributed by atoms with Gasteiger partial charge in [0.15, 0.2) is 0 Å². The van der Waals surface area contributed by atoms with Crippen molar-refractivity contribution >= 4 is 5.97 Å². The number of rotatable bonds is 4. The van der Waals surface area contributed by atoms with Crippen LogP contribution in [0.5, 0.6) is 11.5 Å². The molecule has 2 aliphatic rings. The van der Waals surface area contributed by atoms with Gasteiger partial charge in [-0.2, -0.15) is 0 Å². The van der Waals surface area contributed by atoms with Crippen molar-refractivity contribution in [2.45, 2.75) is 77.7 Å². The SMILES string of the molecule is CCCCc1cc2c(c(O)c1C(=O)O)C1(C)C=C(C)CC[C@H]1C(C)(C)O2. The van der Waals surface area contributed by atoms with Crippen molar-refractivity contribution in [3.63, 3.8) is 0 Å². The van der Waals surface area contributed by atoms with Crippen molar-refractivity contribution in [1.29, 1.82) is 0 Å². The maximum absolute atomic E-state index is 11.9. The first-order valence-corrected chi connectivity index (χ1v) is 9.61. The van der Waals surface area contributed by atoms with Gasteiger partial charge in [-0.25, -0.2) is 4.79 Å². The summed E-state index contributed by atoms with van der Waals surface area (Å²) in [4.78, 5) is 11.9. The minimum atomic E-state index is -1.07. The van der Waals surface area contributed by atoms with Gasteiger partial charge in [0, 0.05) is 16.9 Å². The maximum Gasteiger partial charge on any atom is 0.339 e. The van der Waals surface area contributed by atoms with Crippen molar-refractivity contribution < 1.29 is 19.7 Å². The van der Waals surface area contributed by atoms with Crippen LogP contribution in [0.4, 0.5) is 0 Å². The molecule has 142 valence electrons. The predicted molar refractivity (Wildman–Crippen MR) is 102 cm³/mol. The largest absolute Gasteiger partial charge is 0.507 e. The van der Waals surface area contributed by atoms with Crippen LogP contribution in [0.3, 0.4) is 0 Å². The lowest BCUT2D eigenvalue weighted by molar-refractivity contribution is -0.0146. The van der Waals surface area contributed by atoms with Crippen LogP contribution in [0.2, 0.25) is 0 Å². The molecular formula is C22H30O4. The average Bonchev–Trinajstić information content (AvgIpc) is 2.50. The van der Waals surface area contributed by atoms with E-state index in [1.807, 2.05) is 6.07 Å². The van der Waals surface area contributed by atoms with Gasteiger partial charge < -0.3 is 14.9 Å². The van der Waals surface area contributed by atoms with Gasteiger partial charge >= 0.3 is 5.97 Å². The number of benzene rings is 1. The van der Waals surface area contributed by atoms with Crippen molar-refractivity contribution in [1.82, 2.24) is 0 Å². The fourth-order valence-electron chi connectivity index (χ4n) is 5.13. The van der Waals surface area contributed by atoms with Crippen molar-refractivity contribution in [3.8, 4) is 11.5 Å². The number of ether oxygens (including phenoxy) is 1. The van der Waals surface area contributed by atoms with Crippen LogP contribution in [0, 0.1) is 5.92 Å². The Bertz CT molecular complexity index is 775. The van der Waals surface area contributed by atoms with Crippen LogP contribution >= 0.6 is 0 Å². The molecule has 26 heavy (non-hydrogen) atoms. The number of carboxylic acid groups (broad SMARTS) is 1. The molecule has 0 radical (unpaired) electrons. The van der Waals surface area contributed by atoms with Crippen LogP contribution in [0.25, 0.3) is 0 Å². The molecule has 0 fully saturated rings. The van der Waals surface area contributed by atoms with E-state index in [9.17, 15) is 15.0 Å². The van der Waals surface area contributed by atoms with E-state index in [1.54, 1.807) is 0 Å². The topological polar surface area (TPSA) is 66.8 Å². The zero-order valence-electron chi connectivity index (χ0n) is 16.5. The molecule has 0 saturated heterocycles. The Labute approximate surface area is 155 Å². The number of unbranched alkanes of at least 4 members (excludes halogenated alkanes) is 1. The van der Waals surface area contributed by atoms with E-state index in [0.29, 0.717) is 23.3 Å². The maximum atomic E-state index is 11.9. The Morgan fingerprint density at radius 1 is 1.35 bits per heavy atom. The molecule has 1 aliphatic carbocycles. The predicted octanol–water partition coefficient (Wildman–Crippen LogP) is 5.22. The summed E-state index contributed by atoms with van der Waals surface area (Å²) < 4.78 is 6.34. The molecular weight excluding hydrogens is 328 g/mol. The van der Waals surface area contributed by atoms with E-state index in [4.69, 9.17) is 4.74 Å². The van der Waals surface area contributed by atoms with E-state index in [2.05, 4.69) is 40.7 Å². The molecule has 3 rings (SSSR count). The van der Waals surface area contributed by atoms with Gasteiger partial charge in [0.1, 0.15) is 22.7 Å². The molecule has 0 spiro atoms. The summed E-state index contributed by atoms with van der Waals surface area (Å²) in [6.45, 7) is 10.5. The molecule has 0 aromatic heterocycles. The highest BCUT2D eigenvalue weighted by Crippen LogP contribution is 2.57. The van der Waals surface area contributed by atoms with Crippen LogP contribution in [-0.2, 0) is 11.8 Å². The van der Waals surface area contributed by atoms with E-state index in [0.717, 1.165) is 25.7 Å². The second-order valence-electron chi connectivity index (χ2n) is 8.61. The van der Waals surface area contributed by atoms with Crippen LogP contribution < -0.4 is 4.74 Å². The van der Waals surface area contributed by atoms with Crippen LogP contribution in [-0.4, -0.2) is 21.8 Å². The Balaban J connectivity index is 2.29. The smallest absolute Gasteiger partial charge is 0.339 e. The molecule has 1 aliphatic heterocycles. The van der Waals surface area contributed by atoms with Gasteiger partial charge in [0.2, 0.25) is 0 Å². The quantitative estimate of drug-likeness (QED) is 0.724. The van der Waals surface area contributed by atoms with E-state index in [-0.39, 0.29) is 22.8 Å². The molecule has 2 N–H and O–H groups in total. The van der Waals surface area contributed by atoms with Gasteiger partial charge in [0.25, 0.3) is 0 Å². The number of aromatic carboxylic acids is 1. The average molecular weight is 358 g/mol. The summed E-state index contributed by atoms with van der Waals surface area (Å²) >= 11 is 0. The number of carboxylic acids is 1. The first kappa shape index (κ1) is 18.8. The van der Waals surface area contributed by atoms with E-state index >= 15 is 0 Å². The number of allylic oxidation sites excluding steroid dienone is 2. The molecule has 0 amide bonds. The zero-order valence-corrected chi connectivity index (χ0v) is 16.5. The monoisotopic (exact) mass is 358 g/mol. The third kappa shape index (κ3) is 2.80. The van der Waals surface area contributed by atoms with E-state index < -0.39 is 11.4 Å². The van der Waals surface area contributed by atoms with Gasteiger partial charge in [-0.3, -0.25) is 0 Å². The molecule has 4 nitrogen and oxygen atoms in total. The summed E-state index contributed by atoms with van der Waals surface area (Å²) in [7, 11) is 0. The van der Waals surface area contributed by atoms with Gasteiger partial charge in [-0.15, -0.1) is 0 Å². The number of hydrogen-bond acceptors (Lipinski definition) is 3. The first-order valence-electron chi connectivity index (χ1n) is 9.61. The van der Waals surface area contributed by atoms with Gasteiger partial charge in [-0.05, 0) is 58.1 Å². The lowest BCUT2D eigenvalue weighted by Gasteiger charge is -2.52. The second kappa shape index (κ2) is 6.33. The summed E-state index contributed by atoms with van der Waals surface area (Å²) in [6.07, 6.45) is 6.64. The lowest BCUT2D eigenvalue weighted by Crippen LogP contribution is -2.53. The summed E-state index contributed by atoms with van der Waals surface area (Å²) in [5, 5.41) is 20.8. The fraction of sp³-hybridized carbons (Fsp3) is 0.591. The zero-order chi connectivity index (χ0) is 19.3. The number of aryl methyl sites for hydroxylation is 1. The molecule has 4 heteroatoms. The molecule has 0 saturated carbocycles. The Hall–Kier alpha value is -1.97. The third-order valence-electron chi connectivity index (χ3n) is 6.21. The Kier molecular flexibility index (Phi) is 4.58. The Morgan fingerprint density at radius 3 is 2.65 bits per heavy atom. The summed E-state index contributed by atoms with van der Waals surface area (Å²) in [6, 6.07) is 1.86. The number of aromatic hydroxyl groups is 1. The lowest BCUT2D eigenvalue weighted by atomic mass is 9.58. The number of carbonyl (C=O) groups is 1. The fourth-order valence-corrected chi connectivity index (χ4v) is 5.13. The standard InChI is InChI=1S/C22H30O4/c1-6-7-8-14-11-15-18(19(23)17(14)20(24)25)22(5)12-13(2)9-10-16(22)21(3,4)26-15/h11-12,16,23H,6-10H2,1-5H3,(H,24,25)/t16-,22?/m0/s1. The third-order valence-corrected chi connectivity index (χ3v) is 6.21. The molecule has 2 atom stereocenters. The number of hydrogen-bond donors (Lipinski definition) is 2. The molecule has 1 unspecified atom stereocenters. The highest BCUT2D eigenvalue weighted by molar-refractivity contribution is 5.94. The Morgan fingerprint density at radius 2 is 2.04 bits per heavy atom. The van der Waals surface area contributed by atoms with Crippen LogP contribution in [0.15, 0.2) is 17.7 Å². The molecule has 0 bridgehead atoms. The number of phenols is 1. The van der Waals surface area contributed by atoms with Crippen molar-refractivity contribution in [2.75, 3.05) is 0 Å².